The zero-order valence-corrected chi connectivity index (χ0v) is 61.4. The largest absolute Gasteiger partial charge is 0.457 e. The summed E-state index contributed by atoms with van der Waals surface area (Å²) in [5.74, 6) is -3.36. The predicted molar refractivity (Wildman–Crippen MR) is 393 cm³/mol. The number of hydrogen-bond acceptors (Lipinski definition) is 20. The quantitative estimate of drug-likeness (QED) is 0.0212. The van der Waals surface area contributed by atoms with Gasteiger partial charge in [-0.25, -0.2) is 4.79 Å². The maximum absolute atomic E-state index is 15.6. The molecule has 107 heavy (non-hydrogen) atoms. The number of nitrogens with zero attached hydrogens (tertiary/aromatic N) is 1. The van der Waals surface area contributed by atoms with Gasteiger partial charge in [-0.15, -0.1) is 0 Å². The zero-order chi connectivity index (χ0) is 74.1. The average molecular weight is 1470 g/mol. The van der Waals surface area contributed by atoms with Crippen molar-refractivity contribution in [1.82, 2.24) is 4.90 Å². The second-order valence-electron chi connectivity index (χ2n) is 28.4. The first kappa shape index (κ1) is 76.4. The smallest absolute Gasteiger partial charge is 0.338 e. The maximum atomic E-state index is 15.6. The Hall–Kier alpha value is -8.79. The molecule has 5 aliphatic rings. The van der Waals surface area contributed by atoms with Crippen LogP contribution >= 0.6 is 0 Å². The molecule has 2 amide bonds. The number of imide groups is 1. The van der Waals surface area contributed by atoms with E-state index in [1.165, 1.54) is 6.92 Å². The molecule has 13 rings (SSSR count). The van der Waals surface area contributed by atoms with Crippen molar-refractivity contribution in [3.05, 3.63) is 287 Å². The number of Topliss-reactive ketones (excluding diaryl/α,β-unsaturated/α-hetero) is 1. The van der Waals surface area contributed by atoms with Crippen LogP contribution in [0.2, 0.25) is 25.7 Å². The Morgan fingerprint density at radius 1 is 0.439 bits per heavy atom. The van der Waals surface area contributed by atoms with Crippen LogP contribution in [0, 0.1) is 0 Å². The van der Waals surface area contributed by atoms with Gasteiger partial charge in [0.25, 0.3) is 11.8 Å². The van der Waals surface area contributed by atoms with Crippen molar-refractivity contribution in [1.29, 1.82) is 0 Å². The number of ketones is 1. The van der Waals surface area contributed by atoms with Crippen LogP contribution in [0.4, 0.5) is 0 Å². The molecule has 5 aliphatic heterocycles. The van der Waals surface area contributed by atoms with Gasteiger partial charge in [-0.3, -0.25) is 19.3 Å². The lowest BCUT2D eigenvalue weighted by Gasteiger charge is -2.53. The van der Waals surface area contributed by atoms with E-state index in [9.17, 15) is 9.59 Å². The molecule has 8 aromatic carbocycles. The highest BCUT2D eigenvalue weighted by Gasteiger charge is 2.62. The minimum atomic E-state index is -1.82. The van der Waals surface area contributed by atoms with Crippen LogP contribution in [0.1, 0.15) is 90.5 Å². The van der Waals surface area contributed by atoms with Gasteiger partial charge in [-0.05, 0) is 65.1 Å². The Bertz CT molecular complexity index is 4110. The number of esters is 2. The van der Waals surface area contributed by atoms with Gasteiger partial charge in [-0.1, -0.05) is 232 Å². The number of hydrogen-bond donors (Lipinski definition) is 0. The summed E-state index contributed by atoms with van der Waals surface area (Å²) in [7, 11) is -1.71. The van der Waals surface area contributed by atoms with E-state index in [0.29, 0.717) is 17.7 Å². The minimum Gasteiger partial charge on any atom is -0.457 e. The zero-order valence-electron chi connectivity index (χ0n) is 60.4. The molecule has 16 atom stereocenters. The third-order valence-corrected chi connectivity index (χ3v) is 21.0. The normalized spacial score (nSPS) is 26.4. The van der Waals surface area contributed by atoms with Gasteiger partial charge in [0.1, 0.15) is 66.8 Å². The summed E-state index contributed by atoms with van der Waals surface area (Å²) < 4.78 is 106. The Labute approximate surface area is 624 Å². The lowest BCUT2D eigenvalue weighted by atomic mass is 9.93. The molecular formula is C85H91NO20Si. The fraction of sp³-hybridized carbons (Fsp3) is 0.376. The molecule has 5 heterocycles. The van der Waals surface area contributed by atoms with Crippen LogP contribution in [-0.4, -0.2) is 161 Å². The maximum Gasteiger partial charge on any atom is 0.338 e. The Morgan fingerprint density at radius 2 is 0.897 bits per heavy atom. The van der Waals surface area contributed by atoms with Crippen molar-refractivity contribution in [3.8, 4) is 0 Å². The van der Waals surface area contributed by atoms with E-state index < -0.39 is 130 Å². The highest BCUT2D eigenvalue weighted by molar-refractivity contribution is 6.76. The summed E-state index contributed by atoms with van der Waals surface area (Å²) in [5.41, 5.74) is 4.99. The Balaban J connectivity index is 0.969. The van der Waals surface area contributed by atoms with Gasteiger partial charge >= 0.3 is 11.9 Å². The van der Waals surface area contributed by atoms with Gasteiger partial charge < -0.3 is 75.8 Å². The molecule has 0 unspecified atom stereocenters. The molecule has 0 aliphatic carbocycles. The van der Waals surface area contributed by atoms with Crippen molar-refractivity contribution in [3.63, 3.8) is 0 Å². The van der Waals surface area contributed by atoms with E-state index in [1.807, 2.05) is 182 Å². The fourth-order valence-corrected chi connectivity index (χ4v) is 14.4. The van der Waals surface area contributed by atoms with Crippen LogP contribution in [0.3, 0.4) is 0 Å². The van der Waals surface area contributed by atoms with E-state index in [4.69, 9.17) is 71.1 Å². The molecular weight excluding hydrogens is 1380 g/mol. The number of carbonyl (C=O) groups is 5. The summed E-state index contributed by atoms with van der Waals surface area (Å²) in [6, 6.07) is 70.8. The number of amides is 2. The second kappa shape index (κ2) is 36.9. The lowest BCUT2D eigenvalue weighted by Crippen LogP contribution is -2.71. The highest BCUT2D eigenvalue weighted by Crippen LogP contribution is 2.44. The predicted octanol–water partition coefficient (Wildman–Crippen LogP) is 12.8. The summed E-state index contributed by atoms with van der Waals surface area (Å²) in [4.78, 5) is 74.6. The molecule has 0 bridgehead atoms. The Morgan fingerprint density at radius 3 is 1.42 bits per heavy atom. The van der Waals surface area contributed by atoms with Crippen LogP contribution in [0.5, 0.6) is 0 Å². The van der Waals surface area contributed by atoms with Gasteiger partial charge in [0.15, 0.2) is 37.4 Å². The molecule has 0 saturated carbocycles. The van der Waals surface area contributed by atoms with Crippen molar-refractivity contribution >= 4 is 37.6 Å². The lowest BCUT2D eigenvalue weighted by molar-refractivity contribution is -0.405. The first-order valence-corrected chi connectivity index (χ1v) is 40.2. The third-order valence-electron chi connectivity index (χ3n) is 19.2. The molecule has 22 heteroatoms. The number of benzene rings is 8. The average Bonchev–Trinajstić information content (AvgIpc) is 1.66. The summed E-state index contributed by atoms with van der Waals surface area (Å²) >= 11 is 0. The highest BCUT2D eigenvalue weighted by atomic mass is 28.3. The molecule has 8 aromatic rings. The standard InChI is InChI=1S/C85H91NO20Si/c1-56(87)44-45-69(88)102-71-66(53-92-48-57-28-12-5-13-29-57)99-83(70(74(71)95-50-59-32-16-7-17-33-59)86-79(89)64-42-26-27-43-65(64)80(86)90)106-76-73-68(55-98-82(104-73)63-40-24-11-25-41-63)101-85(78(76)103-81(91)62-38-22-10-23-39-62)105-72-67(54-93-49-58-30-14-6-15-31-58)100-84(94-46-47-107(2,3)4)77(97-52-61-36-20-9-21-37-61)75(72)96-51-60-34-18-8-19-35-60/h5-43,66-68,70-78,82-85H,44-55H2,1-4H3/t66-,67-,68-,70-,71-,72-,73-,74-,75+,76+,77-,78+,82-,83+,84-,85+/m1/s1. The summed E-state index contributed by atoms with van der Waals surface area (Å²) in [6.45, 7) is 8.20. The van der Waals surface area contributed by atoms with Gasteiger partial charge in [0, 0.05) is 26.7 Å². The van der Waals surface area contributed by atoms with Crippen LogP contribution < -0.4 is 0 Å². The first-order chi connectivity index (χ1) is 52.2. The molecule has 0 spiro atoms. The third kappa shape index (κ3) is 19.9. The molecule has 0 N–H and O–H groups in total. The van der Waals surface area contributed by atoms with E-state index >= 15 is 14.4 Å². The number of fused-ring (bicyclic) bond motifs is 2. The molecule has 4 saturated heterocycles. The van der Waals surface area contributed by atoms with Gasteiger partial charge in [0.2, 0.25) is 0 Å². The minimum absolute atomic E-state index is 0.0572. The Kier molecular flexibility index (Phi) is 26.3. The fourth-order valence-electron chi connectivity index (χ4n) is 13.7. The molecule has 4 fully saturated rings. The van der Waals surface area contributed by atoms with E-state index in [0.717, 1.165) is 33.2 Å². The van der Waals surface area contributed by atoms with Crippen molar-refractivity contribution in [2.24, 2.45) is 0 Å². The SMILES string of the molecule is CC(=O)CCC(=O)O[C@H]1[C@H](OCc2ccccc2)[C@@H](N2C(=O)c3ccccc3C2=O)[C@H](O[C@@H]2[C@H](OC(=O)c3ccccc3)[C@H](O[C@H]3[C@H](OCc4ccccc4)[C@@H](OCc4ccccc4)[C@H](OCC[Si](C)(C)C)O[C@@H]3COCc3ccccc3)O[C@@H]3CO[C@@H](c4ccccc4)O[C@@H]23)O[C@@H]1COCc1ccccc1. The summed E-state index contributed by atoms with van der Waals surface area (Å²) in [5, 5.41) is 0. The van der Waals surface area contributed by atoms with Crippen molar-refractivity contribution in [2.45, 2.75) is 177 Å². The van der Waals surface area contributed by atoms with Crippen LogP contribution in [0.15, 0.2) is 237 Å². The van der Waals surface area contributed by atoms with E-state index in [1.54, 1.807) is 54.6 Å². The molecule has 560 valence electrons. The number of rotatable bonds is 33. The summed E-state index contributed by atoms with van der Waals surface area (Å²) in [6.07, 6.45) is -20.5. The van der Waals surface area contributed by atoms with Gasteiger partial charge in [0.05, 0.1) is 76.0 Å². The van der Waals surface area contributed by atoms with E-state index in [-0.39, 0.29) is 88.2 Å². The topological polar surface area (TPSA) is 227 Å². The van der Waals surface area contributed by atoms with Crippen molar-refractivity contribution < 1.29 is 95.0 Å². The molecule has 0 aromatic heterocycles. The monoisotopic (exact) mass is 1470 g/mol. The number of carbonyl (C=O) groups excluding carboxylic acids is 5. The van der Waals surface area contributed by atoms with E-state index in [2.05, 4.69) is 19.6 Å². The van der Waals surface area contributed by atoms with Crippen LogP contribution in [-0.2, 0) is 114 Å². The van der Waals surface area contributed by atoms with Crippen molar-refractivity contribution in [2.75, 3.05) is 26.4 Å². The second-order valence-corrected chi connectivity index (χ2v) is 34.0. The van der Waals surface area contributed by atoms with Gasteiger partial charge in [-0.2, -0.15) is 0 Å². The first-order valence-electron chi connectivity index (χ1n) is 36.5. The molecule has 21 nitrogen and oxygen atoms in total. The molecule has 0 radical (unpaired) electrons. The number of ether oxygens (including phenoxy) is 15. The van der Waals surface area contributed by atoms with Crippen LogP contribution in [0.25, 0.3) is 0 Å².